The number of nitrogens with one attached hydrogen (secondary N) is 2. The molecule has 0 spiro atoms. The fraction of sp³-hybridized carbons (Fsp3) is 0.914. The van der Waals surface area contributed by atoms with Gasteiger partial charge < -0.3 is 31.1 Å². The minimum Gasteiger partial charge on any atom is -0.481 e. The number of hydrogen-bond donors (Lipinski definition) is 6. The zero-order valence-corrected chi connectivity index (χ0v) is 27.2. The highest BCUT2D eigenvalue weighted by atomic mass is 16.4. The van der Waals surface area contributed by atoms with Crippen molar-refractivity contribution in [2.75, 3.05) is 13.1 Å². The molecule has 9 nitrogen and oxygen atoms in total. The predicted molar refractivity (Wildman–Crippen MR) is 166 cm³/mol. The fourth-order valence-electron chi connectivity index (χ4n) is 11.3. The first-order chi connectivity index (χ1) is 20.8. The molecule has 5 aliphatic carbocycles. The number of carboxylic acid groups (broad SMARTS) is 1. The molecule has 5 fully saturated rings. The number of aliphatic carboxylic acids is 1. The zero-order chi connectivity index (χ0) is 31.9. The molecule has 8 unspecified atom stereocenters. The molecule has 0 aromatic heterocycles. The van der Waals surface area contributed by atoms with Crippen molar-refractivity contribution in [2.45, 2.75) is 135 Å². The summed E-state index contributed by atoms with van der Waals surface area (Å²) in [5, 5.41) is 48.6. The van der Waals surface area contributed by atoms with Crippen molar-refractivity contribution in [1.82, 2.24) is 10.6 Å². The number of aliphatic hydroxyl groups is 3. The zero-order valence-electron chi connectivity index (χ0n) is 27.2. The van der Waals surface area contributed by atoms with Gasteiger partial charge in [-0.3, -0.25) is 14.4 Å². The quantitative estimate of drug-likeness (QED) is 0.216. The van der Waals surface area contributed by atoms with E-state index in [0.717, 1.165) is 70.6 Å². The molecule has 0 aromatic rings. The molecule has 5 aliphatic rings. The Morgan fingerprint density at radius 2 is 1.59 bits per heavy atom. The highest BCUT2D eigenvalue weighted by Crippen LogP contribution is 2.68. The SMILES string of the molecule is C[C@H](CCC(=O)NCC(=O)NCC1(CC(=O)O)CCCCC1)C1CCC2C3C(O)CC4C[C@H](O)CCC4(C)C3C[C@H](O)C21C. The second-order valence-electron chi connectivity index (χ2n) is 16.2. The Morgan fingerprint density at radius 3 is 2.30 bits per heavy atom. The van der Waals surface area contributed by atoms with E-state index < -0.39 is 23.6 Å². The van der Waals surface area contributed by atoms with Gasteiger partial charge in [-0.2, -0.15) is 0 Å². The first kappa shape index (κ1) is 33.6. The summed E-state index contributed by atoms with van der Waals surface area (Å²) in [6.07, 6.45) is 10.5. The van der Waals surface area contributed by atoms with Gasteiger partial charge in [-0.15, -0.1) is 0 Å². The fourth-order valence-corrected chi connectivity index (χ4v) is 11.3. The highest BCUT2D eigenvalue weighted by Gasteiger charge is 2.65. The number of carbonyl (C=O) groups excluding carboxylic acids is 2. The molecule has 0 aromatic carbocycles. The van der Waals surface area contributed by atoms with Crippen LogP contribution >= 0.6 is 0 Å². The van der Waals surface area contributed by atoms with Crippen molar-refractivity contribution in [3.05, 3.63) is 0 Å². The third kappa shape index (κ3) is 6.44. The Hall–Kier alpha value is -1.71. The molecule has 0 aliphatic heterocycles. The summed E-state index contributed by atoms with van der Waals surface area (Å²) in [5.74, 6) is 0.148. The molecule has 0 radical (unpaired) electrons. The van der Waals surface area contributed by atoms with Crippen LogP contribution in [-0.2, 0) is 14.4 Å². The molecular formula is C35H58N2O7. The van der Waals surface area contributed by atoms with Crippen molar-refractivity contribution < 1.29 is 34.8 Å². The van der Waals surface area contributed by atoms with E-state index in [4.69, 9.17) is 0 Å². The number of hydrogen-bond acceptors (Lipinski definition) is 6. The van der Waals surface area contributed by atoms with Crippen molar-refractivity contribution in [3.8, 4) is 0 Å². The van der Waals surface area contributed by atoms with Gasteiger partial charge in [0.05, 0.1) is 31.3 Å². The van der Waals surface area contributed by atoms with Gasteiger partial charge in [-0.1, -0.05) is 40.0 Å². The lowest BCUT2D eigenvalue weighted by Crippen LogP contribution is -2.62. The van der Waals surface area contributed by atoms with Gasteiger partial charge in [-0.25, -0.2) is 0 Å². The minimum atomic E-state index is -0.839. The third-order valence-electron chi connectivity index (χ3n) is 13.9. The average Bonchev–Trinajstić information content (AvgIpc) is 3.33. The monoisotopic (exact) mass is 618 g/mol. The Bertz CT molecular complexity index is 1060. The first-order valence-electron chi connectivity index (χ1n) is 17.6. The molecule has 6 N–H and O–H groups in total. The molecule has 0 bridgehead atoms. The summed E-state index contributed by atoms with van der Waals surface area (Å²) in [5.41, 5.74) is -0.656. The molecule has 0 saturated heterocycles. The highest BCUT2D eigenvalue weighted by molar-refractivity contribution is 5.84. The van der Waals surface area contributed by atoms with Crippen LogP contribution in [-0.4, -0.2) is 69.6 Å². The minimum absolute atomic E-state index is 0.0484. The van der Waals surface area contributed by atoms with Gasteiger partial charge in [0.25, 0.3) is 0 Å². The van der Waals surface area contributed by atoms with Gasteiger partial charge in [0, 0.05) is 13.0 Å². The summed E-state index contributed by atoms with van der Waals surface area (Å²) < 4.78 is 0. The smallest absolute Gasteiger partial charge is 0.303 e. The maximum Gasteiger partial charge on any atom is 0.303 e. The van der Waals surface area contributed by atoms with E-state index in [9.17, 15) is 34.8 Å². The number of fused-ring (bicyclic) bond motifs is 5. The van der Waals surface area contributed by atoms with Crippen LogP contribution in [0.25, 0.3) is 0 Å². The lowest BCUT2D eigenvalue weighted by Gasteiger charge is -2.63. The summed E-state index contributed by atoms with van der Waals surface area (Å²) in [7, 11) is 0. The molecule has 5 saturated carbocycles. The topological polar surface area (TPSA) is 156 Å². The summed E-state index contributed by atoms with van der Waals surface area (Å²) in [6, 6.07) is 0. The summed E-state index contributed by atoms with van der Waals surface area (Å²) in [4.78, 5) is 36.7. The molecule has 2 amide bonds. The number of amides is 2. The molecule has 11 atom stereocenters. The van der Waals surface area contributed by atoms with Crippen molar-refractivity contribution in [2.24, 2.45) is 51.8 Å². The van der Waals surface area contributed by atoms with Gasteiger partial charge in [0.2, 0.25) is 11.8 Å². The Balaban J connectivity index is 1.12. The van der Waals surface area contributed by atoms with Crippen LogP contribution in [0.2, 0.25) is 0 Å². The second kappa shape index (κ2) is 13.2. The van der Waals surface area contributed by atoms with Gasteiger partial charge >= 0.3 is 5.97 Å². The van der Waals surface area contributed by atoms with Crippen LogP contribution in [0.15, 0.2) is 0 Å². The first-order valence-corrected chi connectivity index (χ1v) is 17.6. The maximum atomic E-state index is 12.8. The molecular weight excluding hydrogens is 560 g/mol. The Kier molecular flexibility index (Phi) is 10.1. The van der Waals surface area contributed by atoms with Crippen LogP contribution in [0, 0.1) is 51.8 Å². The van der Waals surface area contributed by atoms with Gasteiger partial charge in [0.15, 0.2) is 0 Å². The molecule has 9 heteroatoms. The largest absolute Gasteiger partial charge is 0.481 e. The number of aliphatic hydroxyl groups excluding tert-OH is 3. The molecule has 5 rings (SSSR count). The van der Waals surface area contributed by atoms with E-state index in [1.165, 1.54) is 0 Å². The van der Waals surface area contributed by atoms with E-state index in [1.54, 1.807) is 0 Å². The number of carbonyl (C=O) groups is 3. The summed E-state index contributed by atoms with van der Waals surface area (Å²) >= 11 is 0. The van der Waals surface area contributed by atoms with E-state index in [0.29, 0.717) is 31.7 Å². The Morgan fingerprint density at radius 1 is 0.864 bits per heavy atom. The third-order valence-corrected chi connectivity index (χ3v) is 13.9. The Labute approximate surface area is 263 Å². The normalized spacial score (nSPS) is 41.9. The van der Waals surface area contributed by atoms with Crippen LogP contribution < -0.4 is 10.6 Å². The molecule has 250 valence electrons. The lowest BCUT2D eigenvalue weighted by atomic mass is 9.43. The standard InChI is InChI=1S/C35H58N2O7/c1-21(7-10-29(41)36-19-30(42)37-20-35(18-31(43)44)12-5-4-6-13-35)24-8-9-25-32-26(17-28(40)34(24,25)3)33(2)14-11-23(38)15-22(33)16-27(32)39/h21-28,32,38-40H,4-20H2,1-3H3,(H,36,41)(H,37,42)(H,43,44)/t21-,22?,23-,24?,25?,26?,27?,28+,32?,33?,34?/m1/s1. The van der Waals surface area contributed by atoms with Gasteiger partial charge in [-0.05, 0) is 116 Å². The maximum absolute atomic E-state index is 12.8. The van der Waals surface area contributed by atoms with Crippen LogP contribution in [0.4, 0.5) is 0 Å². The molecule has 44 heavy (non-hydrogen) atoms. The van der Waals surface area contributed by atoms with Crippen LogP contribution in [0.3, 0.4) is 0 Å². The van der Waals surface area contributed by atoms with Crippen molar-refractivity contribution in [3.63, 3.8) is 0 Å². The molecule has 0 heterocycles. The van der Waals surface area contributed by atoms with Crippen LogP contribution in [0.5, 0.6) is 0 Å². The van der Waals surface area contributed by atoms with Gasteiger partial charge in [0.1, 0.15) is 0 Å². The second-order valence-corrected chi connectivity index (χ2v) is 16.2. The predicted octanol–water partition coefficient (Wildman–Crippen LogP) is 4.02. The van der Waals surface area contributed by atoms with Crippen LogP contribution in [0.1, 0.15) is 117 Å². The van der Waals surface area contributed by atoms with Crippen molar-refractivity contribution >= 4 is 17.8 Å². The number of carboxylic acids is 1. The average molecular weight is 619 g/mol. The number of rotatable bonds is 10. The lowest BCUT2D eigenvalue weighted by molar-refractivity contribution is -0.207. The van der Waals surface area contributed by atoms with E-state index in [2.05, 4.69) is 31.4 Å². The van der Waals surface area contributed by atoms with E-state index in [-0.39, 0.29) is 71.3 Å². The van der Waals surface area contributed by atoms with E-state index >= 15 is 0 Å². The van der Waals surface area contributed by atoms with Crippen molar-refractivity contribution in [1.29, 1.82) is 0 Å². The van der Waals surface area contributed by atoms with E-state index in [1.807, 2.05) is 0 Å². The summed E-state index contributed by atoms with van der Waals surface area (Å²) in [6.45, 7) is 6.97.